The summed E-state index contributed by atoms with van der Waals surface area (Å²) in [6.45, 7) is 0.0750. The van der Waals surface area contributed by atoms with Crippen LogP contribution >= 0.6 is 0 Å². The largest absolute Gasteiger partial charge is 0.396 e. The topological polar surface area (TPSA) is 18.5 Å². The van der Waals surface area contributed by atoms with Gasteiger partial charge >= 0.3 is 6.18 Å². The van der Waals surface area contributed by atoms with E-state index in [1.807, 2.05) is 0 Å². The Morgan fingerprint density at radius 2 is 1.85 bits per heavy atom. The van der Waals surface area contributed by atoms with E-state index in [1.165, 1.54) is 7.11 Å². The molecule has 0 atom stereocenters. The molecule has 1 saturated heterocycles. The molecule has 0 unspecified atom stereocenters. The zero-order chi connectivity index (χ0) is 9.95. The van der Waals surface area contributed by atoms with Gasteiger partial charge in [-0.3, -0.25) is 0 Å². The van der Waals surface area contributed by atoms with Crippen molar-refractivity contribution in [3.8, 4) is 0 Å². The van der Waals surface area contributed by atoms with Gasteiger partial charge in [-0.15, -0.1) is 0 Å². The van der Waals surface area contributed by atoms with E-state index in [2.05, 4.69) is 4.74 Å². The van der Waals surface area contributed by atoms with Crippen LogP contribution in [0.15, 0.2) is 0 Å². The molecule has 2 nitrogen and oxygen atoms in total. The third-order valence-electron chi connectivity index (χ3n) is 2.47. The van der Waals surface area contributed by atoms with Crippen LogP contribution in [0, 0.1) is 5.41 Å². The Kier molecular flexibility index (Phi) is 3.18. The van der Waals surface area contributed by atoms with E-state index < -0.39 is 11.6 Å². The van der Waals surface area contributed by atoms with Crippen molar-refractivity contribution in [3.05, 3.63) is 0 Å². The van der Waals surface area contributed by atoms with Crippen LogP contribution in [0.2, 0.25) is 0 Å². The molecule has 13 heavy (non-hydrogen) atoms. The van der Waals surface area contributed by atoms with E-state index in [1.54, 1.807) is 0 Å². The summed E-state index contributed by atoms with van der Waals surface area (Å²) in [4.78, 5) is 0. The maximum atomic E-state index is 12.6. The molecule has 0 N–H and O–H groups in total. The van der Waals surface area contributed by atoms with Crippen molar-refractivity contribution in [3.63, 3.8) is 0 Å². The lowest BCUT2D eigenvalue weighted by molar-refractivity contribution is -0.259. The number of ether oxygens (including phenoxy) is 2. The fourth-order valence-corrected chi connectivity index (χ4v) is 1.55. The summed E-state index contributed by atoms with van der Waals surface area (Å²) in [6, 6.07) is 0. The molecule has 0 amide bonds. The van der Waals surface area contributed by atoms with Crippen LogP contribution in [-0.2, 0) is 9.47 Å². The summed E-state index contributed by atoms with van der Waals surface area (Å²) in [5.41, 5.74) is -1.68. The first-order valence-electron chi connectivity index (χ1n) is 4.15. The van der Waals surface area contributed by atoms with Crippen molar-refractivity contribution in [2.45, 2.75) is 19.0 Å². The molecule has 0 aromatic carbocycles. The maximum Gasteiger partial charge on any atom is 0.396 e. The maximum absolute atomic E-state index is 12.6. The highest BCUT2D eigenvalue weighted by Gasteiger charge is 2.55. The van der Waals surface area contributed by atoms with Gasteiger partial charge in [-0.1, -0.05) is 0 Å². The Balaban J connectivity index is 2.73. The van der Waals surface area contributed by atoms with Crippen molar-refractivity contribution in [1.29, 1.82) is 0 Å². The van der Waals surface area contributed by atoms with Crippen LogP contribution in [0.25, 0.3) is 0 Å². The lowest BCUT2D eigenvalue weighted by Crippen LogP contribution is -2.46. The standard InChI is InChI=1S/C8H13F3O2/c1-12-6-7(8(9,10)11)2-4-13-5-3-7/h2-6H2,1H3. The minimum absolute atomic E-state index is 0.00431. The molecule has 1 aliphatic heterocycles. The molecule has 0 radical (unpaired) electrons. The lowest BCUT2D eigenvalue weighted by Gasteiger charge is -2.37. The molecule has 0 aliphatic carbocycles. The van der Waals surface area contributed by atoms with Gasteiger partial charge in [-0.25, -0.2) is 0 Å². The van der Waals surface area contributed by atoms with E-state index in [0.717, 1.165) is 0 Å². The minimum Gasteiger partial charge on any atom is -0.384 e. The third kappa shape index (κ3) is 2.14. The Labute approximate surface area is 75.0 Å². The highest BCUT2D eigenvalue weighted by atomic mass is 19.4. The van der Waals surface area contributed by atoms with Crippen molar-refractivity contribution in [2.24, 2.45) is 5.41 Å². The van der Waals surface area contributed by atoms with Crippen molar-refractivity contribution >= 4 is 0 Å². The van der Waals surface area contributed by atoms with E-state index in [-0.39, 0.29) is 32.7 Å². The van der Waals surface area contributed by atoms with Crippen molar-refractivity contribution < 1.29 is 22.6 Å². The van der Waals surface area contributed by atoms with Gasteiger partial charge in [0.05, 0.1) is 12.0 Å². The van der Waals surface area contributed by atoms with Gasteiger partial charge in [0, 0.05) is 20.3 Å². The summed E-state index contributed by atoms with van der Waals surface area (Å²) in [7, 11) is 1.29. The summed E-state index contributed by atoms with van der Waals surface area (Å²) >= 11 is 0. The Hall–Kier alpha value is -0.290. The first-order valence-corrected chi connectivity index (χ1v) is 4.15. The molecule has 78 valence electrons. The lowest BCUT2D eigenvalue weighted by atomic mass is 9.80. The van der Waals surface area contributed by atoms with Gasteiger partial charge < -0.3 is 9.47 Å². The van der Waals surface area contributed by atoms with E-state index in [0.29, 0.717) is 0 Å². The zero-order valence-corrected chi connectivity index (χ0v) is 7.49. The van der Waals surface area contributed by atoms with Gasteiger partial charge in [0.1, 0.15) is 0 Å². The quantitative estimate of drug-likeness (QED) is 0.675. The number of hydrogen-bond donors (Lipinski definition) is 0. The summed E-state index contributed by atoms with van der Waals surface area (Å²) in [5.74, 6) is 0. The van der Waals surface area contributed by atoms with Crippen molar-refractivity contribution in [2.75, 3.05) is 26.9 Å². The monoisotopic (exact) mass is 198 g/mol. The van der Waals surface area contributed by atoms with Crippen LogP contribution in [0.5, 0.6) is 0 Å². The first kappa shape index (κ1) is 10.8. The van der Waals surface area contributed by atoms with Crippen molar-refractivity contribution in [1.82, 2.24) is 0 Å². The molecular weight excluding hydrogens is 185 g/mol. The average molecular weight is 198 g/mol. The Bertz CT molecular complexity index is 156. The van der Waals surface area contributed by atoms with Crippen LogP contribution in [0.3, 0.4) is 0 Å². The first-order chi connectivity index (χ1) is 6.02. The normalized spacial score (nSPS) is 23.1. The molecule has 1 aliphatic rings. The Morgan fingerprint density at radius 3 is 2.23 bits per heavy atom. The van der Waals surface area contributed by atoms with Crippen LogP contribution in [0.1, 0.15) is 12.8 Å². The van der Waals surface area contributed by atoms with Gasteiger partial charge in [0.15, 0.2) is 0 Å². The number of alkyl halides is 3. The summed E-state index contributed by atoms with van der Waals surface area (Å²) in [6.07, 6.45) is -4.18. The van der Waals surface area contributed by atoms with Crippen LogP contribution < -0.4 is 0 Å². The van der Waals surface area contributed by atoms with Gasteiger partial charge in [0.25, 0.3) is 0 Å². The second-order valence-corrected chi connectivity index (χ2v) is 3.32. The van der Waals surface area contributed by atoms with E-state index >= 15 is 0 Å². The molecular formula is C8H13F3O2. The number of hydrogen-bond acceptors (Lipinski definition) is 2. The second-order valence-electron chi connectivity index (χ2n) is 3.32. The number of halogens is 3. The summed E-state index contributed by atoms with van der Waals surface area (Å²) < 4.78 is 47.5. The molecule has 0 aromatic rings. The molecule has 0 saturated carbocycles. The fourth-order valence-electron chi connectivity index (χ4n) is 1.55. The molecule has 1 heterocycles. The molecule has 1 fully saturated rings. The smallest absolute Gasteiger partial charge is 0.384 e. The van der Waals surface area contributed by atoms with Gasteiger partial charge in [0.2, 0.25) is 0 Å². The van der Waals surface area contributed by atoms with Gasteiger partial charge in [-0.05, 0) is 12.8 Å². The number of rotatable bonds is 2. The predicted molar refractivity (Wildman–Crippen MR) is 40.4 cm³/mol. The van der Waals surface area contributed by atoms with Crippen LogP contribution in [-0.4, -0.2) is 33.1 Å². The summed E-state index contributed by atoms with van der Waals surface area (Å²) in [5, 5.41) is 0. The van der Waals surface area contributed by atoms with Gasteiger partial charge in [-0.2, -0.15) is 13.2 Å². The molecule has 0 spiro atoms. The van der Waals surface area contributed by atoms with E-state index in [9.17, 15) is 13.2 Å². The van der Waals surface area contributed by atoms with E-state index in [4.69, 9.17) is 4.74 Å². The second kappa shape index (κ2) is 3.84. The third-order valence-corrected chi connectivity index (χ3v) is 2.47. The molecule has 1 rings (SSSR count). The predicted octanol–water partition coefficient (Wildman–Crippen LogP) is 1.99. The fraction of sp³-hybridized carbons (Fsp3) is 1.00. The number of methoxy groups -OCH3 is 1. The molecule has 5 heteroatoms. The molecule has 0 aromatic heterocycles. The molecule has 0 bridgehead atoms. The highest BCUT2D eigenvalue weighted by Crippen LogP contribution is 2.45. The minimum atomic E-state index is -4.19. The average Bonchev–Trinajstić information content (AvgIpc) is 2.04. The highest BCUT2D eigenvalue weighted by molar-refractivity contribution is 4.88. The van der Waals surface area contributed by atoms with Crippen LogP contribution in [0.4, 0.5) is 13.2 Å². The zero-order valence-electron chi connectivity index (χ0n) is 7.49. The SMILES string of the molecule is COCC1(C(F)(F)F)CCOCC1. The Morgan fingerprint density at radius 1 is 1.31 bits per heavy atom.